The zero-order valence-corrected chi connectivity index (χ0v) is 18.2. The van der Waals surface area contributed by atoms with Gasteiger partial charge in [0, 0.05) is 30.2 Å². The van der Waals surface area contributed by atoms with Gasteiger partial charge in [0.05, 0.1) is 11.4 Å². The van der Waals surface area contributed by atoms with Crippen LogP contribution in [0.3, 0.4) is 0 Å². The van der Waals surface area contributed by atoms with Gasteiger partial charge in [-0.05, 0) is 46.9 Å². The monoisotopic (exact) mass is 459 g/mol. The molecule has 1 aliphatic rings. The SMILES string of the molecule is O=C(CCc1ccccc1)Cc1ccc2c(c1)CC(=O)CC(c1cccc(Br)c1)=N2. The van der Waals surface area contributed by atoms with Gasteiger partial charge in [0.2, 0.25) is 0 Å². The number of ketones is 2. The van der Waals surface area contributed by atoms with Crippen molar-refractivity contribution in [2.24, 2.45) is 4.99 Å². The molecule has 4 rings (SSSR count). The number of benzene rings is 3. The van der Waals surface area contributed by atoms with Gasteiger partial charge in [-0.2, -0.15) is 0 Å². The second kappa shape index (κ2) is 9.31. The molecule has 3 nitrogen and oxygen atoms in total. The summed E-state index contributed by atoms with van der Waals surface area (Å²) in [5.41, 5.74) is 5.57. The number of nitrogens with zero attached hydrogens (tertiary/aromatic N) is 1. The number of carbonyl (C=O) groups is 2. The van der Waals surface area contributed by atoms with Gasteiger partial charge in [-0.25, -0.2) is 0 Å². The molecule has 1 aliphatic heterocycles. The number of Topliss-reactive ketones (excluding diaryl/α,β-unsaturated/α-hetero) is 2. The van der Waals surface area contributed by atoms with Gasteiger partial charge in [-0.3, -0.25) is 14.6 Å². The van der Waals surface area contributed by atoms with Crippen molar-refractivity contribution in [1.82, 2.24) is 0 Å². The molecule has 0 N–H and O–H groups in total. The van der Waals surface area contributed by atoms with Crippen LogP contribution in [-0.4, -0.2) is 17.3 Å². The standard InChI is InChI=1S/C26H22BrNO2/c27-22-8-4-7-20(15-22)26-17-24(30)16-21-13-19(10-12-25(21)28-26)14-23(29)11-9-18-5-2-1-3-6-18/h1-8,10,12-13,15H,9,11,14,16-17H2. The lowest BCUT2D eigenvalue weighted by Crippen LogP contribution is -2.09. The second-order valence-corrected chi connectivity index (χ2v) is 8.54. The highest BCUT2D eigenvalue weighted by Crippen LogP contribution is 2.28. The first kappa shape index (κ1) is 20.4. The first-order valence-corrected chi connectivity index (χ1v) is 10.9. The molecule has 0 spiro atoms. The molecular formula is C26H22BrNO2. The Hall–Kier alpha value is -2.85. The first-order chi connectivity index (χ1) is 14.6. The van der Waals surface area contributed by atoms with Gasteiger partial charge in [0.1, 0.15) is 11.6 Å². The van der Waals surface area contributed by atoms with E-state index < -0.39 is 0 Å². The number of carbonyl (C=O) groups excluding carboxylic acids is 2. The minimum Gasteiger partial charge on any atom is -0.299 e. The third-order valence-electron chi connectivity index (χ3n) is 5.25. The smallest absolute Gasteiger partial charge is 0.143 e. The number of halogens is 1. The molecule has 1 heterocycles. The van der Waals surface area contributed by atoms with E-state index in [9.17, 15) is 9.59 Å². The summed E-state index contributed by atoms with van der Waals surface area (Å²) in [6.07, 6.45) is 2.32. The van der Waals surface area contributed by atoms with Gasteiger partial charge < -0.3 is 0 Å². The molecule has 3 aromatic rings. The average molecular weight is 460 g/mol. The highest BCUT2D eigenvalue weighted by Gasteiger charge is 2.18. The molecule has 30 heavy (non-hydrogen) atoms. The van der Waals surface area contributed by atoms with E-state index in [4.69, 9.17) is 4.99 Å². The van der Waals surface area contributed by atoms with Gasteiger partial charge in [0.15, 0.2) is 0 Å². The fourth-order valence-electron chi connectivity index (χ4n) is 3.73. The molecule has 0 radical (unpaired) electrons. The van der Waals surface area contributed by atoms with E-state index in [1.807, 2.05) is 72.8 Å². The number of aryl methyl sites for hydroxylation is 1. The summed E-state index contributed by atoms with van der Waals surface area (Å²) < 4.78 is 0.962. The predicted octanol–water partition coefficient (Wildman–Crippen LogP) is 5.83. The molecule has 3 aromatic carbocycles. The third kappa shape index (κ3) is 5.19. The minimum atomic E-state index is 0.139. The van der Waals surface area contributed by atoms with Crippen LogP contribution in [0.4, 0.5) is 5.69 Å². The van der Waals surface area contributed by atoms with E-state index in [0.717, 1.165) is 39.0 Å². The molecule has 150 valence electrons. The molecular weight excluding hydrogens is 438 g/mol. The average Bonchev–Trinajstić information content (AvgIpc) is 2.91. The van der Waals surface area contributed by atoms with Gasteiger partial charge in [0.25, 0.3) is 0 Å². The summed E-state index contributed by atoms with van der Waals surface area (Å²) in [6.45, 7) is 0. The normalized spacial score (nSPS) is 13.4. The Morgan fingerprint density at radius 1 is 0.900 bits per heavy atom. The maximum Gasteiger partial charge on any atom is 0.143 e. The number of rotatable bonds is 6. The highest BCUT2D eigenvalue weighted by molar-refractivity contribution is 9.10. The Bertz CT molecular complexity index is 1120. The largest absolute Gasteiger partial charge is 0.299 e. The summed E-state index contributed by atoms with van der Waals surface area (Å²) in [5.74, 6) is 0.345. The molecule has 0 unspecified atom stereocenters. The van der Waals surface area contributed by atoms with E-state index in [2.05, 4.69) is 15.9 Å². The minimum absolute atomic E-state index is 0.139. The Morgan fingerprint density at radius 2 is 1.73 bits per heavy atom. The van der Waals surface area contributed by atoms with Gasteiger partial charge in [-0.15, -0.1) is 0 Å². The lowest BCUT2D eigenvalue weighted by molar-refractivity contribution is -0.118. The van der Waals surface area contributed by atoms with E-state index >= 15 is 0 Å². The van der Waals surface area contributed by atoms with Crippen molar-refractivity contribution in [3.05, 3.63) is 99.5 Å². The summed E-state index contributed by atoms with van der Waals surface area (Å²) in [4.78, 5) is 29.8. The van der Waals surface area contributed by atoms with Crippen molar-refractivity contribution in [3.63, 3.8) is 0 Å². The van der Waals surface area contributed by atoms with E-state index in [1.165, 1.54) is 5.56 Å². The van der Waals surface area contributed by atoms with Crippen molar-refractivity contribution in [3.8, 4) is 0 Å². The lowest BCUT2D eigenvalue weighted by Gasteiger charge is -2.07. The van der Waals surface area contributed by atoms with E-state index in [0.29, 0.717) is 25.7 Å². The maximum atomic E-state index is 12.5. The third-order valence-corrected chi connectivity index (χ3v) is 5.74. The van der Waals surface area contributed by atoms with Crippen LogP contribution in [-0.2, 0) is 28.9 Å². The first-order valence-electron chi connectivity index (χ1n) is 10.1. The van der Waals surface area contributed by atoms with Crippen LogP contribution in [0.25, 0.3) is 0 Å². The number of hydrogen-bond donors (Lipinski definition) is 0. The van der Waals surface area contributed by atoms with Gasteiger partial charge in [-0.1, -0.05) is 70.5 Å². The Labute approximate surface area is 185 Å². The van der Waals surface area contributed by atoms with Gasteiger partial charge >= 0.3 is 0 Å². The molecule has 0 saturated carbocycles. The summed E-state index contributed by atoms with van der Waals surface area (Å²) in [5, 5.41) is 0. The van der Waals surface area contributed by atoms with Crippen LogP contribution in [0.5, 0.6) is 0 Å². The van der Waals surface area contributed by atoms with Crippen LogP contribution in [0, 0.1) is 0 Å². The Balaban J connectivity index is 1.50. The number of hydrogen-bond acceptors (Lipinski definition) is 3. The lowest BCUT2D eigenvalue weighted by atomic mass is 9.98. The molecule has 0 fully saturated rings. The number of fused-ring (bicyclic) bond motifs is 1. The Morgan fingerprint density at radius 3 is 2.53 bits per heavy atom. The molecule has 0 saturated heterocycles. The van der Waals surface area contributed by atoms with Crippen LogP contribution < -0.4 is 0 Å². The van der Waals surface area contributed by atoms with Crippen molar-refractivity contribution >= 4 is 38.9 Å². The topological polar surface area (TPSA) is 46.5 Å². The van der Waals surface area contributed by atoms with Crippen molar-refractivity contribution in [2.45, 2.75) is 32.1 Å². The quantitative estimate of drug-likeness (QED) is 0.465. The fourth-order valence-corrected chi connectivity index (χ4v) is 4.12. The van der Waals surface area contributed by atoms with E-state index in [1.54, 1.807) is 0 Å². The van der Waals surface area contributed by atoms with Crippen LogP contribution in [0.1, 0.15) is 35.1 Å². The second-order valence-electron chi connectivity index (χ2n) is 7.63. The molecule has 0 bridgehead atoms. The highest BCUT2D eigenvalue weighted by atomic mass is 79.9. The summed E-state index contributed by atoms with van der Waals surface area (Å²) >= 11 is 3.48. The van der Waals surface area contributed by atoms with Crippen LogP contribution in [0.15, 0.2) is 82.3 Å². The van der Waals surface area contributed by atoms with Crippen LogP contribution in [0.2, 0.25) is 0 Å². The maximum absolute atomic E-state index is 12.5. The summed E-state index contributed by atoms with van der Waals surface area (Å²) in [6, 6.07) is 23.8. The zero-order valence-electron chi connectivity index (χ0n) is 16.6. The number of aliphatic imine (C=N–C) groups is 1. The zero-order chi connectivity index (χ0) is 20.9. The fraction of sp³-hybridized carbons (Fsp3) is 0.192. The molecule has 0 aromatic heterocycles. The molecule has 0 atom stereocenters. The molecule has 0 amide bonds. The summed E-state index contributed by atoms with van der Waals surface area (Å²) in [7, 11) is 0. The Kier molecular flexibility index (Phi) is 6.34. The van der Waals surface area contributed by atoms with Crippen LogP contribution >= 0.6 is 15.9 Å². The van der Waals surface area contributed by atoms with Crippen molar-refractivity contribution in [1.29, 1.82) is 0 Å². The van der Waals surface area contributed by atoms with E-state index in [-0.39, 0.29) is 11.6 Å². The van der Waals surface area contributed by atoms with Crippen molar-refractivity contribution in [2.75, 3.05) is 0 Å². The molecule has 0 aliphatic carbocycles. The molecule has 4 heteroatoms. The predicted molar refractivity (Wildman–Crippen MR) is 124 cm³/mol. The van der Waals surface area contributed by atoms with Crippen molar-refractivity contribution < 1.29 is 9.59 Å².